The van der Waals surface area contributed by atoms with E-state index in [0.717, 1.165) is 5.56 Å². The minimum Gasteiger partial charge on any atom is -0.465 e. The van der Waals surface area contributed by atoms with Crippen LogP contribution in [0.15, 0.2) is 12.1 Å². The zero-order chi connectivity index (χ0) is 19.9. The Balaban J connectivity index is 2.55. The van der Waals surface area contributed by atoms with E-state index in [-0.39, 0.29) is 17.2 Å². The van der Waals surface area contributed by atoms with Crippen molar-refractivity contribution in [2.45, 2.75) is 52.1 Å². The zero-order valence-corrected chi connectivity index (χ0v) is 16.4. The minimum absolute atomic E-state index is 0.0553. The molecule has 26 heavy (non-hydrogen) atoms. The Kier molecular flexibility index (Phi) is 5.03. The maximum Gasteiger partial charge on any atom is 0.412 e. The molecule has 7 heteroatoms. The highest BCUT2D eigenvalue weighted by molar-refractivity contribution is 6.10. The van der Waals surface area contributed by atoms with E-state index in [0.29, 0.717) is 12.1 Å². The molecular formula is C19H26N2O5. The van der Waals surface area contributed by atoms with Crippen molar-refractivity contribution in [3.63, 3.8) is 0 Å². The molecule has 0 aliphatic carbocycles. The van der Waals surface area contributed by atoms with Gasteiger partial charge in [0.25, 0.3) is 0 Å². The minimum atomic E-state index is -0.725. The number of esters is 1. The third-order valence-corrected chi connectivity index (χ3v) is 4.62. The van der Waals surface area contributed by atoms with Gasteiger partial charge in [-0.1, -0.05) is 6.92 Å². The number of carbonyl (C=O) groups is 3. The van der Waals surface area contributed by atoms with Gasteiger partial charge in [0.1, 0.15) is 5.60 Å². The van der Waals surface area contributed by atoms with Crippen LogP contribution in [0, 0.1) is 0 Å². The van der Waals surface area contributed by atoms with Gasteiger partial charge in [0, 0.05) is 12.7 Å². The van der Waals surface area contributed by atoms with Crippen LogP contribution in [0.5, 0.6) is 0 Å². The average Bonchev–Trinajstić information content (AvgIpc) is 2.73. The number of rotatable bonds is 3. The Morgan fingerprint density at radius 1 is 1.27 bits per heavy atom. The van der Waals surface area contributed by atoms with Crippen LogP contribution in [-0.2, 0) is 19.7 Å². The molecule has 1 aliphatic heterocycles. The monoisotopic (exact) mass is 362 g/mol. The lowest BCUT2D eigenvalue weighted by Crippen LogP contribution is -2.35. The lowest BCUT2D eigenvalue weighted by Gasteiger charge is -2.22. The van der Waals surface area contributed by atoms with E-state index in [9.17, 15) is 14.4 Å². The molecule has 0 saturated heterocycles. The van der Waals surface area contributed by atoms with Crippen molar-refractivity contribution in [3.8, 4) is 0 Å². The normalized spacial score (nSPS) is 19.2. The van der Waals surface area contributed by atoms with E-state index in [4.69, 9.17) is 9.47 Å². The van der Waals surface area contributed by atoms with E-state index < -0.39 is 23.1 Å². The summed E-state index contributed by atoms with van der Waals surface area (Å²) < 4.78 is 10.1. The Hall–Kier alpha value is -2.57. The number of benzene rings is 1. The molecule has 1 unspecified atom stereocenters. The van der Waals surface area contributed by atoms with Gasteiger partial charge in [0.05, 0.1) is 23.8 Å². The van der Waals surface area contributed by atoms with Crippen LogP contribution in [-0.4, -0.2) is 37.7 Å². The molecular weight excluding hydrogens is 336 g/mol. The van der Waals surface area contributed by atoms with Crippen molar-refractivity contribution in [1.82, 2.24) is 0 Å². The summed E-state index contributed by atoms with van der Waals surface area (Å²) in [5.41, 5.74) is 0.405. The molecule has 0 fully saturated rings. The third-order valence-electron chi connectivity index (χ3n) is 4.62. The highest BCUT2D eigenvalue weighted by Crippen LogP contribution is 2.45. The van der Waals surface area contributed by atoms with E-state index in [1.807, 2.05) is 13.8 Å². The topological polar surface area (TPSA) is 84.9 Å². The first kappa shape index (κ1) is 19.8. The first-order chi connectivity index (χ1) is 11.9. The number of anilines is 2. The molecule has 2 amide bonds. The van der Waals surface area contributed by atoms with Crippen LogP contribution < -0.4 is 10.2 Å². The summed E-state index contributed by atoms with van der Waals surface area (Å²) in [6, 6.07) is 3.24. The number of amides is 2. The summed E-state index contributed by atoms with van der Waals surface area (Å²) in [5.74, 6) is -0.653. The van der Waals surface area contributed by atoms with E-state index >= 15 is 0 Å². The van der Waals surface area contributed by atoms with Gasteiger partial charge in [0.2, 0.25) is 5.91 Å². The molecule has 0 bridgehead atoms. The Labute approximate surface area is 153 Å². The van der Waals surface area contributed by atoms with Crippen molar-refractivity contribution in [2.24, 2.45) is 0 Å². The van der Waals surface area contributed by atoms with E-state index in [2.05, 4.69) is 5.32 Å². The lowest BCUT2D eigenvalue weighted by atomic mass is 9.80. The second-order valence-corrected chi connectivity index (χ2v) is 7.58. The summed E-state index contributed by atoms with van der Waals surface area (Å²) in [7, 11) is 2.94. The first-order valence-corrected chi connectivity index (χ1v) is 8.49. The fraction of sp³-hybridized carbons (Fsp3) is 0.526. The quantitative estimate of drug-likeness (QED) is 0.832. The maximum atomic E-state index is 12.7. The van der Waals surface area contributed by atoms with E-state index in [1.165, 1.54) is 7.11 Å². The summed E-state index contributed by atoms with van der Waals surface area (Å²) in [5, 5.41) is 2.59. The molecule has 0 saturated carbocycles. The number of fused-ring (bicyclic) bond motifs is 1. The van der Waals surface area contributed by atoms with Crippen molar-refractivity contribution < 1.29 is 23.9 Å². The fourth-order valence-electron chi connectivity index (χ4n) is 3.04. The zero-order valence-electron chi connectivity index (χ0n) is 16.4. The molecule has 1 aromatic carbocycles. The van der Waals surface area contributed by atoms with Gasteiger partial charge in [-0.2, -0.15) is 0 Å². The molecule has 1 aromatic rings. The second-order valence-electron chi connectivity index (χ2n) is 7.58. The molecule has 7 nitrogen and oxygen atoms in total. The van der Waals surface area contributed by atoms with Crippen LogP contribution in [0.4, 0.5) is 16.2 Å². The lowest BCUT2D eigenvalue weighted by molar-refractivity contribution is -0.122. The summed E-state index contributed by atoms with van der Waals surface area (Å²) in [4.78, 5) is 38.6. The van der Waals surface area contributed by atoms with Gasteiger partial charge < -0.3 is 14.4 Å². The van der Waals surface area contributed by atoms with Crippen molar-refractivity contribution in [1.29, 1.82) is 0 Å². The second kappa shape index (κ2) is 6.63. The van der Waals surface area contributed by atoms with Crippen LogP contribution in [0.3, 0.4) is 0 Å². The van der Waals surface area contributed by atoms with Gasteiger partial charge in [0.15, 0.2) is 0 Å². The van der Waals surface area contributed by atoms with Gasteiger partial charge in [-0.15, -0.1) is 0 Å². The third kappa shape index (κ3) is 3.38. The largest absolute Gasteiger partial charge is 0.465 e. The average molecular weight is 362 g/mol. The molecule has 1 aliphatic rings. The molecule has 0 radical (unpaired) electrons. The number of nitrogens with one attached hydrogen (secondary N) is 1. The summed E-state index contributed by atoms with van der Waals surface area (Å²) in [6.07, 6.45) is -0.101. The van der Waals surface area contributed by atoms with Crippen molar-refractivity contribution >= 4 is 29.3 Å². The number of hydrogen-bond donors (Lipinski definition) is 1. The van der Waals surface area contributed by atoms with Gasteiger partial charge >= 0.3 is 12.1 Å². The standard InChI is InChI=1S/C19H26N2O5/c1-8-19(5)12-9-11(15(22)25-7)13(10-14(12)21(6)16(19)23)20-17(24)26-18(2,3)4/h9-10H,8H2,1-7H3,(H,20,24). The number of carbonyl (C=O) groups excluding carboxylic acids is 3. The Morgan fingerprint density at radius 2 is 1.88 bits per heavy atom. The number of hydrogen-bond acceptors (Lipinski definition) is 5. The Bertz CT molecular complexity index is 766. The molecule has 0 aromatic heterocycles. The van der Waals surface area contributed by atoms with Crippen LogP contribution in [0.1, 0.15) is 57.0 Å². The van der Waals surface area contributed by atoms with Crippen molar-refractivity contribution in [3.05, 3.63) is 23.3 Å². The van der Waals surface area contributed by atoms with Gasteiger partial charge in [-0.3, -0.25) is 10.1 Å². The Morgan fingerprint density at radius 3 is 2.38 bits per heavy atom. The van der Waals surface area contributed by atoms with Crippen LogP contribution in [0.2, 0.25) is 0 Å². The SMILES string of the molecule is CCC1(C)C(=O)N(C)c2cc(NC(=O)OC(C)(C)C)c(C(=O)OC)cc21. The van der Waals surface area contributed by atoms with Crippen LogP contribution >= 0.6 is 0 Å². The number of nitrogens with zero attached hydrogens (tertiary/aromatic N) is 1. The molecule has 1 heterocycles. The van der Waals surface area contributed by atoms with Crippen molar-refractivity contribution in [2.75, 3.05) is 24.4 Å². The summed E-state index contributed by atoms with van der Waals surface area (Å²) in [6.45, 7) is 9.01. The number of likely N-dealkylation sites (N-methyl/N-ethyl adjacent to an activating group) is 1. The van der Waals surface area contributed by atoms with Gasteiger partial charge in [-0.05, 0) is 51.8 Å². The van der Waals surface area contributed by atoms with E-state index in [1.54, 1.807) is 44.9 Å². The number of methoxy groups -OCH3 is 1. The maximum absolute atomic E-state index is 12.7. The predicted molar refractivity (Wildman–Crippen MR) is 98.7 cm³/mol. The molecule has 1 atom stereocenters. The fourth-order valence-corrected chi connectivity index (χ4v) is 3.04. The number of ether oxygens (including phenoxy) is 2. The molecule has 0 spiro atoms. The molecule has 1 N–H and O–H groups in total. The molecule has 2 rings (SSSR count). The highest BCUT2D eigenvalue weighted by atomic mass is 16.6. The summed E-state index contributed by atoms with van der Waals surface area (Å²) >= 11 is 0. The first-order valence-electron chi connectivity index (χ1n) is 8.49. The smallest absolute Gasteiger partial charge is 0.412 e. The van der Waals surface area contributed by atoms with Crippen LogP contribution in [0.25, 0.3) is 0 Å². The predicted octanol–water partition coefficient (Wildman–Crippen LogP) is 3.46. The molecule has 142 valence electrons. The highest BCUT2D eigenvalue weighted by Gasteiger charge is 2.45. The van der Waals surface area contributed by atoms with Gasteiger partial charge in [-0.25, -0.2) is 9.59 Å².